The van der Waals surface area contributed by atoms with Crippen LogP contribution in [0.3, 0.4) is 0 Å². The van der Waals surface area contributed by atoms with Crippen molar-refractivity contribution >= 4 is 11.6 Å². The zero-order chi connectivity index (χ0) is 18.7. The first-order chi connectivity index (χ1) is 12.5. The molecule has 1 aromatic carbocycles. The average Bonchev–Trinajstić information content (AvgIpc) is 3.04. The largest absolute Gasteiger partial charge is 0.504 e. The molecular formula is C16H17N5O5. The third-order valence-corrected chi connectivity index (χ3v) is 3.90. The Balaban J connectivity index is 1.54. The van der Waals surface area contributed by atoms with Crippen LogP contribution in [0.5, 0.6) is 11.5 Å². The Morgan fingerprint density at radius 3 is 2.85 bits per heavy atom. The molecule has 3 aromatic rings. The second kappa shape index (κ2) is 7.23. The lowest BCUT2D eigenvalue weighted by Crippen LogP contribution is -2.28. The predicted octanol–water partition coefficient (Wildman–Crippen LogP) is -0.389. The monoisotopic (exact) mass is 359 g/mol. The van der Waals surface area contributed by atoms with Crippen LogP contribution in [0.4, 0.5) is 0 Å². The van der Waals surface area contributed by atoms with Crippen LogP contribution in [-0.2, 0) is 11.2 Å². The van der Waals surface area contributed by atoms with Gasteiger partial charge in [-0.05, 0) is 24.1 Å². The number of nitrogens with one attached hydrogen (secondary N) is 2. The van der Waals surface area contributed by atoms with Crippen molar-refractivity contribution in [3.8, 4) is 11.5 Å². The fourth-order valence-corrected chi connectivity index (χ4v) is 2.49. The van der Waals surface area contributed by atoms with Crippen LogP contribution in [-0.4, -0.2) is 47.4 Å². The van der Waals surface area contributed by atoms with Gasteiger partial charge < -0.3 is 20.6 Å². The molecule has 10 heteroatoms. The third kappa shape index (κ3) is 3.64. The van der Waals surface area contributed by atoms with E-state index in [1.807, 2.05) is 0 Å². The Morgan fingerprint density at radius 2 is 2.08 bits per heavy atom. The van der Waals surface area contributed by atoms with E-state index in [2.05, 4.69) is 20.4 Å². The number of aromatic hydroxyl groups is 2. The second-order valence-corrected chi connectivity index (χ2v) is 5.68. The number of amides is 1. The summed E-state index contributed by atoms with van der Waals surface area (Å²) in [6.45, 7) is -0.0431. The van der Waals surface area contributed by atoms with Crippen molar-refractivity contribution in [1.29, 1.82) is 0 Å². The Hall–Kier alpha value is -3.40. The standard InChI is InChI=1S/C16H17N5O5/c22-11-3-1-9(5-12(11)23)13(24)7-17-14(25)4-2-10-6-20-21-15(10)18-8-19-16(21)26/h1,3,5-6,8,13,20,22-24H,2,4,7H2,(H,17,25). The number of H-pyrrole nitrogens is 1. The summed E-state index contributed by atoms with van der Waals surface area (Å²) < 4.78 is 1.19. The molecule has 0 aliphatic heterocycles. The molecule has 0 fully saturated rings. The molecule has 0 radical (unpaired) electrons. The Bertz CT molecular complexity index is 996. The number of hydrogen-bond acceptors (Lipinski definition) is 7. The number of aryl methyl sites for hydroxylation is 1. The Labute approximate surface area is 146 Å². The highest BCUT2D eigenvalue weighted by Crippen LogP contribution is 2.27. The summed E-state index contributed by atoms with van der Waals surface area (Å²) in [5, 5.41) is 34.1. The summed E-state index contributed by atoms with van der Waals surface area (Å²) in [7, 11) is 0. The third-order valence-electron chi connectivity index (χ3n) is 3.90. The molecule has 26 heavy (non-hydrogen) atoms. The molecule has 0 aliphatic carbocycles. The number of hydrogen-bond donors (Lipinski definition) is 5. The first-order valence-corrected chi connectivity index (χ1v) is 7.82. The summed E-state index contributed by atoms with van der Waals surface area (Å²) >= 11 is 0. The van der Waals surface area contributed by atoms with E-state index in [0.29, 0.717) is 23.2 Å². The number of aliphatic hydroxyl groups excluding tert-OH is 1. The topological polar surface area (TPSA) is 153 Å². The molecule has 0 aliphatic rings. The molecule has 3 rings (SSSR count). The van der Waals surface area contributed by atoms with Crippen molar-refractivity contribution < 1.29 is 20.1 Å². The normalized spacial score (nSPS) is 12.2. The van der Waals surface area contributed by atoms with Crippen molar-refractivity contribution in [2.24, 2.45) is 0 Å². The minimum Gasteiger partial charge on any atom is -0.504 e. The van der Waals surface area contributed by atoms with Gasteiger partial charge in [-0.25, -0.2) is 9.78 Å². The number of aromatic amines is 1. The van der Waals surface area contributed by atoms with E-state index < -0.39 is 11.8 Å². The summed E-state index contributed by atoms with van der Waals surface area (Å²) in [4.78, 5) is 31.0. The molecule has 2 heterocycles. The highest BCUT2D eigenvalue weighted by molar-refractivity contribution is 5.76. The maximum absolute atomic E-state index is 12.0. The lowest BCUT2D eigenvalue weighted by Gasteiger charge is -2.13. The van der Waals surface area contributed by atoms with Crippen molar-refractivity contribution in [1.82, 2.24) is 24.9 Å². The highest BCUT2D eigenvalue weighted by atomic mass is 16.3. The summed E-state index contributed by atoms with van der Waals surface area (Å²) in [6.07, 6.45) is 2.22. The van der Waals surface area contributed by atoms with Crippen LogP contribution < -0.4 is 11.0 Å². The van der Waals surface area contributed by atoms with Crippen molar-refractivity contribution in [3.63, 3.8) is 0 Å². The van der Waals surface area contributed by atoms with Crippen LogP contribution in [0, 0.1) is 0 Å². The SMILES string of the molecule is O=C(CCc1c[nH]n2c(=O)ncnc12)NCC(O)c1ccc(O)c(O)c1. The van der Waals surface area contributed by atoms with Gasteiger partial charge in [0, 0.05) is 24.7 Å². The average molecular weight is 359 g/mol. The first kappa shape index (κ1) is 17.4. The number of benzene rings is 1. The van der Waals surface area contributed by atoms with Crippen molar-refractivity contribution in [2.75, 3.05) is 6.54 Å². The summed E-state index contributed by atoms with van der Waals surface area (Å²) in [5.41, 5.74) is 1.00. The van der Waals surface area contributed by atoms with Crippen LogP contribution in [0.15, 0.2) is 35.5 Å². The molecule has 0 saturated carbocycles. The number of phenolic OH excluding ortho intramolecular Hbond substituents is 2. The molecule has 0 bridgehead atoms. The first-order valence-electron chi connectivity index (χ1n) is 7.82. The highest BCUT2D eigenvalue weighted by Gasteiger charge is 2.13. The van der Waals surface area contributed by atoms with Gasteiger partial charge in [-0.3, -0.25) is 9.89 Å². The van der Waals surface area contributed by atoms with Crippen molar-refractivity contribution in [2.45, 2.75) is 18.9 Å². The number of nitrogens with zero attached hydrogens (tertiary/aromatic N) is 3. The second-order valence-electron chi connectivity index (χ2n) is 5.68. The van der Waals surface area contributed by atoms with Gasteiger partial charge in [0.25, 0.3) is 0 Å². The number of fused-ring (bicyclic) bond motifs is 1. The van der Waals surface area contributed by atoms with E-state index >= 15 is 0 Å². The van der Waals surface area contributed by atoms with Crippen LogP contribution >= 0.6 is 0 Å². The van der Waals surface area contributed by atoms with Gasteiger partial charge in [-0.1, -0.05) is 6.07 Å². The molecule has 2 aromatic heterocycles. The van der Waals surface area contributed by atoms with Gasteiger partial charge in [-0.15, -0.1) is 0 Å². The van der Waals surface area contributed by atoms with E-state index in [4.69, 9.17) is 0 Å². The molecule has 1 amide bonds. The zero-order valence-corrected chi connectivity index (χ0v) is 13.6. The van der Waals surface area contributed by atoms with Crippen LogP contribution in [0.2, 0.25) is 0 Å². The van der Waals surface area contributed by atoms with E-state index in [0.717, 1.165) is 0 Å². The summed E-state index contributed by atoms with van der Waals surface area (Å²) in [5.74, 6) is -0.918. The van der Waals surface area contributed by atoms with E-state index in [1.165, 1.54) is 29.0 Å². The minimum absolute atomic E-state index is 0.0431. The van der Waals surface area contributed by atoms with E-state index in [9.17, 15) is 24.9 Å². The molecule has 0 saturated heterocycles. The molecule has 10 nitrogen and oxygen atoms in total. The van der Waals surface area contributed by atoms with Crippen LogP contribution in [0.25, 0.3) is 5.65 Å². The van der Waals surface area contributed by atoms with E-state index in [-0.39, 0.29) is 30.4 Å². The maximum atomic E-state index is 12.0. The smallest absolute Gasteiger partial charge is 0.369 e. The fraction of sp³-hybridized carbons (Fsp3) is 0.250. The summed E-state index contributed by atoms with van der Waals surface area (Å²) in [6, 6.07) is 3.95. The predicted molar refractivity (Wildman–Crippen MR) is 89.7 cm³/mol. The van der Waals surface area contributed by atoms with Gasteiger partial charge in [0.15, 0.2) is 17.1 Å². The Kier molecular flexibility index (Phi) is 4.85. The van der Waals surface area contributed by atoms with Gasteiger partial charge in [0.05, 0.1) is 6.10 Å². The number of carbonyl (C=O) groups excluding carboxylic acids is 1. The lowest BCUT2D eigenvalue weighted by molar-refractivity contribution is -0.121. The number of phenols is 2. The number of aromatic nitrogens is 4. The number of carbonyl (C=O) groups is 1. The fourth-order valence-electron chi connectivity index (χ4n) is 2.49. The molecular weight excluding hydrogens is 342 g/mol. The minimum atomic E-state index is -1.02. The van der Waals surface area contributed by atoms with Gasteiger partial charge in [-0.2, -0.15) is 9.50 Å². The van der Waals surface area contributed by atoms with Crippen molar-refractivity contribution in [3.05, 3.63) is 52.3 Å². The number of aliphatic hydroxyl groups is 1. The molecule has 5 N–H and O–H groups in total. The zero-order valence-electron chi connectivity index (χ0n) is 13.6. The molecule has 1 atom stereocenters. The quantitative estimate of drug-likeness (QED) is 0.376. The molecule has 0 spiro atoms. The van der Waals surface area contributed by atoms with E-state index in [1.54, 1.807) is 6.20 Å². The van der Waals surface area contributed by atoms with Gasteiger partial charge in [0.2, 0.25) is 5.91 Å². The van der Waals surface area contributed by atoms with Gasteiger partial charge >= 0.3 is 5.69 Å². The van der Waals surface area contributed by atoms with Crippen LogP contribution in [0.1, 0.15) is 23.7 Å². The molecule has 136 valence electrons. The number of rotatable bonds is 6. The maximum Gasteiger partial charge on any atom is 0.369 e. The Morgan fingerprint density at radius 1 is 1.27 bits per heavy atom. The lowest BCUT2D eigenvalue weighted by atomic mass is 10.1. The molecule has 1 unspecified atom stereocenters. The van der Waals surface area contributed by atoms with Gasteiger partial charge in [0.1, 0.15) is 6.33 Å².